The van der Waals surface area contributed by atoms with Gasteiger partial charge in [0.05, 0.1) is 28.2 Å². The number of phenolic OH excluding ortho intramolecular Hbond substituents is 1. The number of nitrogens with one attached hydrogen (secondary N) is 1. The van der Waals surface area contributed by atoms with E-state index in [1.807, 2.05) is 0 Å². The first-order chi connectivity index (χ1) is 17.7. The molecule has 0 saturated heterocycles. The summed E-state index contributed by atoms with van der Waals surface area (Å²) in [5, 5.41) is 24.1. The highest BCUT2D eigenvalue weighted by Crippen LogP contribution is 2.45. The number of aromatic hydroxyl groups is 1. The Kier molecular flexibility index (Phi) is 6.65. The van der Waals surface area contributed by atoms with E-state index in [9.17, 15) is 24.2 Å². The third-order valence-electron chi connectivity index (χ3n) is 7.08. The lowest BCUT2D eigenvalue weighted by molar-refractivity contribution is -0.112. The summed E-state index contributed by atoms with van der Waals surface area (Å²) < 4.78 is 14.3. The van der Waals surface area contributed by atoms with Gasteiger partial charge in [-0.3, -0.25) is 9.69 Å². The Morgan fingerprint density at radius 3 is 2.57 bits per heavy atom. The number of aromatic carboxylic acids is 1. The van der Waals surface area contributed by atoms with Crippen LogP contribution in [0.4, 0.5) is 21.5 Å². The summed E-state index contributed by atoms with van der Waals surface area (Å²) in [7, 11) is 0. The Balaban J connectivity index is 1.58. The third-order valence-corrected chi connectivity index (χ3v) is 7.30. The Morgan fingerprint density at radius 2 is 1.84 bits per heavy atom. The minimum absolute atomic E-state index is 0.0281. The second-order valence-corrected chi connectivity index (χ2v) is 9.95. The maximum Gasteiger partial charge on any atom is 0.335 e. The van der Waals surface area contributed by atoms with Gasteiger partial charge in [0.1, 0.15) is 11.6 Å². The molecule has 190 valence electrons. The molecule has 37 heavy (non-hydrogen) atoms. The van der Waals surface area contributed by atoms with Gasteiger partial charge in [-0.15, -0.1) is 0 Å². The fourth-order valence-electron chi connectivity index (χ4n) is 5.34. The van der Waals surface area contributed by atoms with Crippen molar-refractivity contribution in [2.75, 3.05) is 10.2 Å². The number of hydrogen-bond acceptors (Lipinski definition) is 4. The van der Waals surface area contributed by atoms with Gasteiger partial charge >= 0.3 is 5.97 Å². The Morgan fingerprint density at radius 1 is 1.08 bits per heavy atom. The maximum atomic E-state index is 14.3. The molecule has 8 heteroatoms. The SMILES string of the molecule is C/C(Nc1cc(Cl)cc(C2CCCCC2)c1O)=C1/C(=O)N(c2cccc(C(=O)O)c2)c2ccc(F)cc21. The zero-order valence-electron chi connectivity index (χ0n) is 20.2. The maximum absolute atomic E-state index is 14.3. The lowest BCUT2D eigenvalue weighted by atomic mass is 9.83. The van der Waals surface area contributed by atoms with Crippen LogP contribution in [0.3, 0.4) is 0 Å². The number of benzene rings is 3. The van der Waals surface area contributed by atoms with Crippen molar-refractivity contribution in [3.8, 4) is 5.75 Å². The van der Waals surface area contributed by atoms with E-state index in [2.05, 4.69) is 5.32 Å². The predicted octanol–water partition coefficient (Wildman–Crippen LogP) is 7.45. The van der Waals surface area contributed by atoms with E-state index in [-0.39, 0.29) is 22.8 Å². The van der Waals surface area contributed by atoms with Gasteiger partial charge in [0.2, 0.25) is 0 Å². The summed E-state index contributed by atoms with van der Waals surface area (Å²) in [5.74, 6) is -1.77. The molecule has 3 aromatic carbocycles. The van der Waals surface area contributed by atoms with E-state index < -0.39 is 17.7 Å². The van der Waals surface area contributed by atoms with Crippen molar-refractivity contribution in [2.24, 2.45) is 0 Å². The largest absolute Gasteiger partial charge is 0.505 e. The molecule has 1 amide bonds. The van der Waals surface area contributed by atoms with Crippen molar-refractivity contribution in [1.82, 2.24) is 0 Å². The molecule has 3 aromatic rings. The number of phenols is 1. The Hall–Kier alpha value is -3.84. The molecule has 5 rings (SSSR count). The second kappa shape index (κ2) is 9.90. The van der Waals surface area contributed by atoms with Crippen LogP contribution in [0.5, 0.6) is 5.75 Å². The number of rotatable bonds is 5. The molecule has 0 aromatic heterocycles. The van der Waals surface area contributed by atoms with E-state index >= 15 is 0 Å². The van der Waals surface area contributed by atoms with Crippen molar-refractivity contribution in [2.45, 2.75) is 44.9 Å². The standard InChI is InChI=1S/C29H26ClFN2O4/c1-16(32-24-14-19(30)13-22(27(24)34)17-6-3-2-4-7-17)26-23-15-20(31)10-11-25(23)33(28(26)35)21-9-5-8-18(12-21)29(36)37/h5,8-15,17,32,34H,2-4,6-7H2,1H3,(H,36,37)/b26-16-. The van der Waals surface area contributed by atoms with Crippen LogP contribution in [0.15, 0.2) is 60.3 Å². The second-order valence-electron chi connectivity index (χ2n) is 9.51. The molecule has 0 unspecified atom stereocenters. The molecule has 6 nitrogen and oxygen atoms in total. The highest BCUT2D eigenvalue weighted by atomic mass is 35.5. The van der Waals surface area contributed by atoms with E-state index in [0.717, 1.165) is 31.2 Å². The zero-order chi connectivity index (χ0) is 26.3. The monoisotopic (exact) mass is 520 g/mol. The Bertz CT molecular complexity index is 1450. The number of carboxylic acid groups (broad SMARTS) is 1. The fourth-order valence-corrected chi connectivity index (χ4v) is 5.57. The number of carboxylic acids is 1. The van der Waals surface area contributed by atoms with Crippen LogP contribution in [0.2, 0.25) is 5.02 Å². The molecule has 1 fully saturated rings. The van der Waals surface area contributed by atoms with Gasteiger partial charge in [0.15, 0.2) is 0 Å². The van der Waals surface area contributed by atoms with Gasteiger partial charge < -0.3 is 15.5 Å². The number of amides is 1. The molecule has 0 bridgehead atoms. The highest BCUT2D eigenvalue weighted by molar-refractivity contribution is 6.36. The quantitative estimate of drug-likeness (QED) is 0.240. The summed E-state index contributed by atoms with van der Waals surface area (Å²) in [4.78, 5) is 26.6. The van der Waals surface area contributed by atoms with E-state index in [1.165, 1.54) is 41.7 Å². The van der Waals surface area contributed by atoms with Crippen molar-refractivity contribution in [3.05, 3.63) is 87.8 Å². The smallest absolute Gasteiger partial charge is 0.335 e. The number of allylic oxidation sites excluding steroid dienone is 1. The van der Waals surface area contributed by atoms with Crippen molar-refractivity contribution < 1.29 is 24.2 Å². The van der Waals surface area contributed by atoms with Crippen LogP contribution in [-0.2, 0) is 4.79 Å². The molecule has 2 aliphatic rings. The van der Waals surface area contributed by atoms with E-state index in [4.69, 9.17) is 11.6 Å². The third kappa shape index (κ3) is 4.67. The summed E-state index contributed by atoms with van der Waals surface area (Å²) in [6.07, 6.45) is 5.32. The molecule has 0 atom stereocenters. The van der Waals surface area contributed by atoms with Crippen LogP contribution in [0.25, 0.3) is 5.57 Å². The van der Waals surface area contributed by atoms with Crippen molar-refractivity contribution in [1.29, 1.82) is 0 Å². The number of fused-ring (bicyclic) bond motifs is 1. The van der Waals surface area contributed by atoms with Gasteiger partial charge in [0, 0.05) is 21.8 Å². The van der Waals surface area contributed by atoms with Crippen LogP contribution >= 0.6 is 11.6 Å². The minimum Gasteiger partial charge on any atom is -0.505 e. The molecular formula is C29H26ClFN2O4. The van der Waals surface area contributed by atoms with Crippen LogP contribution in [-0.4, -0.2) is 22.1 Å². The minimum atomic E-state index is -1.12. The van der Waals surface area contributed by atoms with Gasteiger partial charge in [-0.2, -0.15) is 0 Å². The molecule has 1 aliphatic carbocycles. The normalized spacial score (nSPS) is 17.1. The molecular weight excluding hydrogens is 495 g/mol. The number of anilines is 3. The molecule has 3 N–H and O–H groups in total. The fraction of sp³-hybridized carbons (Fsp3) is 0.241. The molecule has 1 aliphatic heterocycles. The first kappa shape index (κ1) is 24.8. The van der Waals surface area contributed by atoms with Gasteiger partial charge in [0.25, 0.3) is 5.91 Å². The predicted molar refractivity (Wildman–Crippen MR) is 142 cm³/mol. The van der Waals surface area contributed by atoms with E-state index in [1.54, 1.807) is 31.2 Å². The number of hydrogen-bond donors (Lipinski definition) is 3. The summed E-state index contributed by atoms with van der Waals surface area (Å²) in [6, 6.07) is 13.4. The number of carbonyl (C=O) groups excluding carboxylic acids is 1. The lowest BCUT2D eigenvalue weighted by Crippen LogP contribution is -2.22. The topological polar surface area (TPSA) is 89.9 Å². The zero-order valence-corrected chi connectivity index (χ0v) is 21.0. The average molecular weight is 521 g/mol. The molecule has 1 saturated carbocycles. The molecule has 0 spiro atoms. The summed E-state index contributed by atoms with van der Waals surface area (Å²) in [5.41, 5.74) is 2.95. The van der Waals surface area contributed by atoms with Gasteiger partial charge in [-0.05, 0) is 74.2 Å². The van der Waals surface area contributed by atoms with Crippen molar-refractivity contribution in [3.63, 3.8) is 0 Å². The lowest BCUT2D eigenvalue weighted by Gasteiger charge is -2.24. The number of halogens is 2. The van der Waals surface area contributed by atoms with Gasteiger partial charge in [-0.25, -0.2) is 9.18 Å². The van der Waals surface area contributed by atoms with Crippen LogP contribution < -0.4 is 10.2 Å². The Labute approximate surface area is 219 Å². The average Bonchev–Trinajstić information content (AvgIpc) is 3.17. The first-order valence-electron chi connectivity index (χ1n) is 12.2. The number of carbonyl (C=O) groups is 2. The summed E-state index contributed by atoms with van der Waals surface area (Å²) >= 11 is 6.42. The van der Waals surface area contributed by atoms with Crippen molar-refractivity contribution >= 4 is 46.1 Å². The summed E-state index contributed by atoms with van der Waals surface area (Å²) in [6.45, 7) is 1.68. The first-order valence-corrected chi connectivity index (χ1v) is 12.6. The van der Waals surface area contributed by atoms with E-state index in [0.29, 0.717) is 33.3 Å². The van der Waals surface area contributed by atoms with Crippen LogP contribution in [0.1, 0.15) is 66.4 Å². The molecule has 1 heterocycles. The highest BCUT2D eigenvalue weighted by Gasteiger charge is 2.36. The number of nitrogens with zero attached hydrogens (tertiary/aromatic N) is 1. The molecule has 0 radical (unpaired) electrons. The van der Waals surface area contributed by atoms with Gasteiger partial charge in [-0.1, -0.05) is 36.9 Å². The van der Waals surface area contributed by atoms with Crippen LogP contribution in [0, 0.1) is 5.82 Å².